The fourth-order valence-electron chi connectivity index (χ4n) is 2.85. The molecule has 0 amide bonds. The van der Waals surface area contributed by atoms with E-state index in [-0.39, 0.29) is 0 Å². The lowest BCUT2D eigenvalue weighted by atomic mass is 9.70. The highest BCUT2D eigenvalue weighted by molar-refractivity contribution is 5.55. The molecule has 0 bridgehead atoms. The Morgan fingerprint density at radius 3 is 2.32 bits per heavy atom. The first-order chi connectivity index (χ1) is 9.22. The first kappa shape index (κ1) is 13.6. The highest BCUT2D eigenvalue weighted by Crippen LogP contribution is 2.51. The van der Waals surface area contributed by atoms with Gasteiger partial charge in [0.05, 0.1) is 14.2 Å². The average molecular weight is 261 g/mol. The Hall–Kier alpha value is -1.80. The van der Waals surface area contributed by atoms with E-state index < -0.39 is 5.54 Å². The Balaban J connectivity index is 2.67. The monoisotopic (exact) mass is 261 g/mol. The van der Waals surface area contributed by atoms with Crippen LogP contribution < -0.4 is 9.47 Å². The molecule has 0 saturated heterocycles. The molecule has 0 heterocycles. The Kier molecular flexibility index (Phi) is 3.91. The van der Waals surface area contributed by atoms with Gasteiger partial charge in [0.15, 0.2) is 0 Å². The second kappa shape index (κ2) is 5.45. The van der Waals surface area contributed by atoms with E-state index in [4.69, 9.17) is 9.47 Å². The summed E-state index contributed by atoms with van der Waals surface area (Å²) in [5, 5.41) is 0. The van der Waals surface area contributed by atoms with Crippen LogP contribution in [-0.2, 0) is 16.8 Å². The molecule has 4 heteroatoms. The third-order valence-corrected chi connectivity index (χ3v) is 3.93. The summed E-state index contributed by atoms with van der Waals surface area (Å²) in [5.41, 5.74) is 1.60. The summed E-state index contributed by atoms with van der Waals surface area (Å²) in [7, 11) is 3.29. The number of nitrogens with zero attached hydrogens (tertiary/aromatic N) is 1. The van der Waals surface area contributed by atoms with Gasteiger partial charge in [-0.2, -0.15) is 4.99 Å². The van der Waals surface area contributed by atoms with Gasteiger partial charge in [0.1, 0.15) is 17.0 Å². The lowest BCUT2D eigenvalue weighted by Crippen LogP contribution is -2.33. The van der Waals surface area contributed by atoms with Crippen LogP contribution in [0.1, 0.15) is 37.3 Å². The maximum Gasteiger partial charge on any atom is 0.235 e. The van der Waals surface area contributed by atoms with Crippen molar-refractivity contribution in [2.45, 2.75) is 38.1 Å². The molecule has 0 atom stereocenters. The van der Waals surface area contributed by atoms with Crippen LogP contribution in [0.3, 0.4) is 0 Å². The summed E-state index contributed by atoms with van der Waals surface area (Å²) in [4.78, 5) is 14.9. The summed E-state index contributed by atoms with van der Waals surface area (Å²) < 4.78 is 10.9. The predicted octanol–water partition coefficient (Wildman–Crippen LogP) is 2.98. The molecule has 1 fully saturated rings. The SMILES string of the molecule is CCc1c(OC)ccc(OC)c1C1(N=C=O)CCC1. The molecule has 0 aliphatic heterocycles. The van der Waals surface area contributed by atoms with Gasteiger partial charge in [0, 0.05) is 11.1 Å². The number of isocyanates is 1. The van der Waals surface area contributed by atoms with Gasteiger partial charge in [0.25, 0.3) is 0 Å². The zero-order valence-corrected chi connectivity index (χ0v) is 11.7. The van der Waals surface area contributed by atoms with Gasteiger partial charge < -0.3 is 9.47 Å². The average Bonchev–Trinajstić information content (AvgIpc) is 2.41. The van der Waals surface area contributed by atoms with Crippen LogP contribution in [0, 0.1) is 0 Å². The number of carbonyl (C=O) groups excluding carboxylic acids is 1. The van der Waals surface area contributed by atoms with Crippen molar-refractivity contribution in [2.75, 3.05) is 14.2 Å². The molecule has 0 radical (unpaired) electrons. The van der Waals surface area contributed by atoms with Crippen LogP contribution in [0.25, 0.3) is 0 Å². The topological polar surface area (TPSA) is 47.9 Å². The molecule has 102 valence electrons. The standard InChI is InChI=1S/C15H19NO3/c1-4-11-12(18-2)6-7-13(19-3)14(11)15(16-10-17)8-5-9-15/h6-7H,4-5,8-9H2,1-3H3. The molecule has 2 rings (SSSR count). The fourth-order valence-corrected chi connectivity index (χ4v) is 2.85. The highest BCUT2D eigenvalue weighted by Gasteiger charge is 2.43. The van der Waals surface area contributed by atoms with Crippen LogP contribution in [0.4, 0.5) is 0 Å². The number of aliphatic imine (C=N–C) groups is 1. The Labute approximate surface area is 113 Å². The van der Waals surface area contributed by atoms with E-state index in [1.165, 1.54) is 0 Å². The molecule has 1 aliphatic carbocycles. The summed E-state index contributed by atoms with van der Waals surface area (Å²) in [6.07, 6.45) is 5.32. The van der Waals surface area contributed by atoms with Crippen molar-refractivity contribution < 1.29 is 14.3 Å². The molecule has 1 aliphatic rings. The second-order valence-corrected chi connectivity index (χ2v) is 4.77. The lowest BCUT2D eigenvalue weighted by molar-refractivity contribution is 0.243. The first-order valence-electron chi connectivity index (χ1n) is 6.55. The molecule has 1 saturated carbocycles. The number of rotatable bonds is 5. The van der Waals surface area contributed by atoms with E-state index in [9.17, 15) is 4.79 Å². The molecule has 0 unspecified atom stereocenters. The summed E-state index contributed by atoms with van der Waals surface area (Å²) in [6.45, 7) is 2.07. The van der Waals surface area contributed by atoms with Crippen LogP contribution in [0.5, 0.6) is 11.5 Å². The van der Waals surface area contributed by atoms with Crippen molar-refractivity contribution in [3.63, 3.8) is 0 Å². The largest absolute Gasteiger partial charge is 0.496 e. The minimum Gasteiger partial charge on any atom is -0.496 e. The molecule has 0 aromatic heterocycles. The van der Waals surface area contributed by atoms with Gasteiger partial charge in [-0.3, -0.25) is 0 Å². The lowest BCUT2D eigenvalue weighted by Gasteiger charge is -2.39. The van der Waals surface area contributed by atoms with Crippen molar-refractivity contribution in [3.05, 3.63) is 23.3 Å². The predicted molar refractivity (Wildman–Crippen MR) is 72.6 cm³/mol. The maximum absolute atomic E-state index is 10.8. The van der Waals surface area contributed by atoms with Crippen molar-refractivity contribution in [3.8, 4) is 11.5 Å². The van der Waals surface area contributed by atoms with Crippen molar-refractivity contribution in [1.82, 2.24) is 0 Å². The molecule has 1 aromatic rings. The van der Waals surface area contributed by atoms with Gasteiger partial charge in [-0.25, -0.2) is 4.79 Å². The van der Waals surface area contributed by atoms with Crippen LogP contribution in [0.15, 0.2) is 17.1 Å². The number of methoxy groups -OCH3 is 2. The third kappa shape index (κ3) is 2.13. The maximum atomic E-state index is 10.8. The summed E-state index contributed by atoms with van der Waals surface area (Å²) in [6, 6.07) is 3.78. The van der Waals surface area contributed by atoms with E-state index in [0.717, 1.165) is 48.3 Å². The van der Waals surface area contributed by atoms with E-state index in [1.807, 2.05) is 12.1 Å². The fraction of sp³-hybridized carbons (Fsp3) is 0.533. The number of ether oxygens (including phenoxy) is 2. The van der Waals surface area contributed by atoms with Gasteiger partial charge in [-0.05, 0) is 37.8 Å². The van der Waals surface area contributed by atoms with Gasteiger partial charge in [0.2, 0.25) is 6.08 Å². The van der Waals surface area contributed by atoms with Crippen LogP contribution >= 0.6 is 0 Å². The summed E-state index contributed by atoms with van der Waals surface area (Å²) >= 11 is 0. The zero-order valence-electron chi connectivity index (χ0n) is 11.7. The number of hydrogen-bond donors (Lipinski definition) is 0. The van der Waals surface area contributed by atoms with Crippen molar-refractivity contribution in [1.29, 1.82) is 0 Å². The van der Waals surface area contributed by atoms with E-state index >= 15 is 0 Å². The molecule has 4 nitrogen and oxygen atoms in total. The molecule has 0 spiro atoms. The zero-order chi connectivity index (χ0) is 13.9. The van der Waals surface area contributed by atoms with Crippen LogP contribution in [0.2, 0.25) is 0 Å². The number of benzene rings is 1. The first-order valence-corrected chi connectivity index (χ1v) is 6.55. The smallest absolute Gasteiger partial charge is 0.235 e. The van der Waals surface area contributed by atoms with Gasteiger partial charge >= 0.3 is 0 Å². The normalized spacial score (nSPS) is 16.2. The number of hydrogen-bond acceptors (Lipinski definition) is 4. The van der Waals surface area contributed by atoms with Gasteiger partial charge in [-0.15, -0.1) is 0 Å². The Morgan fingerprint density at radius 2 is 1.89 bits per heavy atom. The van der Waals surface area contributed by atoms with E-state index in [0.29, 0.717) is 0 Å². The summed E-state index contributed by atoms with van der Waals surface area (Å²) in [5.74, 6) is 1.60. The van der Waals surface area contributed by atoms with E-state index in [1.54, 1.807) is 20.3 Å². The molecule has 0 N–H and O–H groups in total. The molecular formula is C15H19NO3. The Bertz CT molecular complexity index is 514. The minimum atomic E-state index is -0.465. The van der Waals surface area contributed by atoms with Crippen molar-refractivity contribution >= 4 is 6.08 Å². The highest BCUT2D eigenvalue weighted by atomic mass is 16.5. The van der Waals surface area contributed by atoms with E-state index in [2.05, 4.69) is 11.9 Å². The second-order valence-electron chi connectivity index (χ2n) is 4.77. The Morgan fingerprint density at radius 1 is 1.26 bits per heavy atom. The van der Waals surface area contributed by atoms with Crippen LogP contribution in [-0.4, -0.2) is 20.3 Å². The molecular weight excluding hydrogens is 242 g/mol. The molecule has 19 heavy (non-hydrogen) atoms. The van der Waals surface area contributed by atoms with Gasteiger partial charge in [-0.1, -0.05) is 6.92 Å². The van der Waals surface area contributed by atoms with Crippen molar-refractivity contribution in [2.24, 2.45) is 4.99 Å². The third-order valence-electron chi connectivity index (χ3n) is 3.93. The molecule has 1 aromatic carbocycles. The minimum absolute atomic E-state index is 0.465. The quantitative estimate of drug-likeness (QED) is 0.604.